The molecule has 3 rings (SSSR count). The van der Waals surface area contributed by atoms with Gasteiger partial charge in [0, 0.05) is 16.5 Å². The molecule has 0 radical (unpaired) electrons. The number of benzene rings is 3. The Morgan fingerprint density at radius 2 is 1.24 bits per heavy atom. The van der Waals surface area contributed by atoms with Crippen LogP contribution in [-0.4, -0.2) is 11.4 Å². The SMILES string of the molecule is CC(C/C=C/c1ccccc1)C(=O)C(C)P(=O)(c1ccccc1)c1ccccc1. The smallest absolute Gasteiger partial charge is 0.153 e. The highest BCUT2D eigenvalue weighted by atomic mass is 31.2. The van der Waals surface area contributed by atoms with E-state index in [1.807, 2.05) is 117 Å². The van der Waals surface area contributed by atoms with E-state index in [0.717, 1.165) is 16.2 Å². The van der Waals surface area contributed by atoms with Crippen LogP contribution in [0.2, 0.25) is 0 Å². The molecule has 0 aliphatic rings. The summed E-state index contributed by atoms with van der Waals surface area (Å²) in [6.45, 7) is 3.75. The number of rotatable bonds is 8. The van der Waals surface area contributed by atoms with Gasteiger partial charge in [0.15, 0.2) is 7.14 Å². The van der Waals surface area contributed by atoms with Gasteiger partial charge < -0.3 is 4.57 Å². The summed E-state index contributed by atoms with van der Waals surface area (Å²) in [6, 6.07) is 28.9. The van der Waals surface area contributed by atoms with E-state index < -0.39 is 12.8 Å². The highest BCUT2D eigenvalue weighted by Gasteiger charge is 2.39. The zero-order valence-electron chi connectivity index (χ0n) is 16.9. The molecule has 0 heterocycles. The van der Waals surface area contributed by atoms with E-state index in [1.54, 1.807) is 0 Å². The van der Waals surface area contributed by atoms with Crippen molar-refractivity contribution in [3.8, 4) is 0 Å². The van der Waals surface area contributed by atoms with Gasteiger partial charge in [-0.05, 0) is 18.9 Å². The first kappa shape index (κ1) is 21.0. The predicted octanol–water partition coefficient (Wildman–Crippen LogP) is 5.70. The maximum absolute atomic E-state index is 14.3. The molecule has 2 atom stereocenters. The molecular formula is C26H27O2P. The van der Waals surface area contributed by atoms with E-state index in [0.29, 0.717) is 6.42 Å². The van der Waals surface area contributed by atoms with E-state index in [-0.39, 0.29) is 11.7 Å². The molecule has 3 aromatic carbocycles. The largest absolute Gasteiger partial charge is 0.313 e. The van der Waals surface area contributed by atoms with Crippen molar-refractivity contribution in [2.75, 3.05) is 0 Å². The summed E-state index contributed by atoms with van der Waals surface area (Å²) in [7, 11) is -3.09. The summed E-state index contributed by atoms with van der Waals surface area (Å²) < 4.78 is 14.3. The standard InChI is InChI=1S/C26H27O2P/c1-21(13-12-16-23-14-6-3-7-15-23)26(27)22(2)29(28,24-17-8-4-9-18-24)25-19-10-5-11-20-25/h3-12,14-22H,13H2,1-2H3/b16-12+. The van der Waals surface area contributed by atoms with Crippen molar-refractivity contribution >= 4 is 29.6 Å². The molecule has 0 aromatic heterocycles. The fourth-order valence-electron chi connectivity index (χ4n) is 3.57. The lowest BCUT2D eigenvalue weighted by molar-refractivity contribution is -0.121. The molecule has 3 aromatic rings. The Morgan fingerprint density at radius 1 is 0.793 bits per heavy atom. The van der Waals surface area contributed by atoms with Gasteiger partial charge in [0.2, 0.25) is 0 Å². The van der Waals surface area contributed by atoms with Gasteiger partial charge in [0.25, 0.3) is 0 Å². The number of ketones is 1. The van der Waals surface area contributed by atoms with Crippen molar-refractivity contribution in [2.24, 2.45) is 5.92 Å². The van der Waals surface area contributed by atoms with Gasteiger partial charge in [0.05, 0.1) is 5.66 Å². The average molecular weight is 402 g/mol. The summed E-state index contributed by atoms with van der Waals surface area (Å²) in [6.07, 6.45) is 4.69. The first-order valence-electron chi connectivity index (χ1n) is 9.99. The second-order valence-electron chi connectivity index (χ2n) is 7.36. The van der Waals surface area contributed by atoms with Crippen LogP contribution in [0.25, 0.3) is 6.08 Å². The molecule has 29 heavy (non-hydrogen) atoms. The second-order valence-corrected chi connectivity index (χ2v) is 10.5. The third kappa shape index (κ3) is 4.83. The highest BCUT2D eigenvalue weighted by Crippen LogP contribution is 2.49. The monoisotopic (exact) mass is 402 g/mol. The minimum absolute atomic E-state index is 0.0405. The third-order valence-corrected chi connectivity index (χ3v) is 8.80. The summed E-state index contributed by atoms with van der Waals surface area (Å²) >= 11 is 0. The Balaban J connectivity index is 1.84. The molecule has 0 saturated carbocycles. The Hall–Kier alpha value is -2.70. The van der Waals surface area contributed by atoms with Crippen LogP contribution in [0.5, 0.6) is 0 Å². The molecule has 0 aliphatic heterocycles. The van der Waals surface area contributed by atoms with Crippen LogP contribution >= 0.6 is 7.14 Å². The second kappa shape index (κ2) is 9.67. The van der Waals surface area contributed by atoms with Gasteiger partial charge in [-0.3, -0.25) is 4.79 Å². The van der Waals surface area contributed by atoms with Crippen LogP contribution in [0.15, 0.2) is 97.1 Å². The number of carbonyl (C=O) groups excluding carboxylic acids is 1. The lowest BCUT2D eigenvalue weighted by Crippen LogP contribution is -2.32. The summed E-state index contributed by atoms with van der Waals surface area (Å²) in [5, 5.41) is 1.47. The zero-order chi connectivity index (χ0) is 20.7. The number of Topliss-reactive ketones (excluding diaryl/α,β-unsaturated/α-hetero) is 1. The van der Waals surface area contributed by atoms with E-state index in [4.69, 9.17) is 0 Å². The molecule has 0 fully saturated rings. The van der Waals surface area contributed by atoms with Gasteiger partial charge >= 0.3 is 0 Å². The van der Waals surface area contributed by atoms with Gasteiger partial charge in [-0.15, -0.1) is 0 Å². The molecule has 2 unspecified atom stereocenters. The molecule has 0 saturated heterocycles. The van der Waals surface area contributed by atoms with Gasteiger partial charge in [0.1, 0.15) is 5.78 Å². The Morgan fingerprint density at radius 3 is 1.72 bits per heavy atom. The maximum atomic E-state index is 14.3. The maximum Gasteiger partial charge on any atom is 0.153 e. The van der Waals surface area contributed by atoms with Crippen molar-refractivity contribution in [3.05, 3.63) is 103 Å². The van der Waals surface area contributed by atoms with E-state index >= 15 is 0 Å². The van der Waals surface area contributed by atoms with E-state index in [1.165, 1.54) is 0 Å². The lowest BCUT2D eigenvalue weighted by atomic mass is 10.00. The van der Waals surface area contributed by atoms with Crippen molar-refractivity contribution in [3.63, 3.8) is 0 Å². The lowest BCUT2D eigenvalue weighted by Gasteiger charge is -2.27. The summed E-state index contributed by atoms with van der Waals surface area (Å²) in [5.74, 6) is -0.163. The Bertz CT molecular complexity index is 951. The fraction of sp³-hybridized carbons (Fsp3) is 0.192. The predicted molar refractivity (Wildman–Crippen MR) is 123 cm³/mol. The van der Waals surface area contributed by atoms with E-state index in [2.05, 4.69) is 0 Å². The highest BCUT2D eigenvalue weighted by molar-refractivity contribution is 7.80. The third-order valence-electron chi connectivity index (χ3n) is 5.32. The fourth-order valence-corrected chi connectivity index (χ4v) is 6.61. The van der Waals surface area contributed by atoms with Crippen LogP contribution in [0.1, 0.15) is 25.8 Å². The Kier molecular flexibility index (Phi) is 7.01. The minimum atomic E-state index is -3.09. The number of hydrogen-bond donors (Lipinski definition) is 0. The van der Waals surface area contributed by atoms with Crippen molar-refractivity contribution in [2.45, 2.75) is 25.9 Å². The van der Waals surface area contributed by atoms with Crippen LogP contribution < -0.4 is 10.6 Å². The Labute approximate surface area is 173 Å². The van der Waals surface area contributed by atoms with Crippen molar-refractivity contribution < 1.29 is 9.36 Å². The molecule has 0 bridgehead atoms. The first-order valence-corrected chi connectivity index (χ1v) is 11.8. The molecular weight excluding hydrogens is 375 g/mol. The summed E-state index contributed by atoms with van der Waals surface area (Å²) in [5.41, 5.74) is 0.534. The van der Waals surface area contributed by atoms with Crippen LogP contribution in [-0.2, 0) is 9.36 Å². The van der Waals surface area contributed by atoms with E-state index in [9.17, 15) is 9.36 Å². The normalized spacial score (nSPS) is 13.9. The van der Waals surface area contributed by atoms with Crippen molar-refractivity contribution in [1.29, 1.82) is 0 Å². The zero-order valence-corrected chi connectivity index (χ0v) is 17.8. The number of carbonyl (C=O) groups is 1. The van der Waals surface area contributed by atoms with Crippen LogP contribution in [0.4, 0.5) is 0 Å². The van der Waals surface area contributed by atoms with Crippen LogP contribution in [0, 0.1) is 5.92 Å². The van der Waals surface area contributed by atoms with Crippen LogP contribution in [0.3, 0.4) is 0 Å². The average Bonchev–Trinajstić information content (AvgIpc) is 2.79. The summed E-state index contributed by atoms with van der Waals surface area (Å²) in [4.78, 5) is 13.3. The van der Waals surface area contributed by atoms with Gasteiger partial charge in [-0.25, -0.2) is 0 Å². The molecule has 0 spiro atoms. The van der Waals surface area contributed by atoms with Crippen molar-refractivity contribution in [1.82, 2.24) is 0 Å². The molecule has 0 amide bonds. The van der Waals surface area contributed by atoms with Gasteiger partial charge in [-0.2, -0.15) is 0 Å². The number of hydrogen-bond acceptors (Lipinski definition) is 2. The molecule has 0 aliphatic carbocycles. The topological polar surface area (TPSA) is 34.1 Å². The number of allylic oxidation sites excluding steroid dienone is 1. The molecule has 148 valence electrons. The first-order chi connectivity index (χ1) is 14.0. The quantitative estimate of drug-likeness (QED) is 0.453. The molecule has 3 heteroatoms. The molecule has 2 nitrogen and oxygen atoms in total. The minimum Gasteiger partial charge on any atom is -0.313 e. The van der Waals surface area contributed by atoms with Gasteiger partial charge in [-0.1, -0.05) is 110 Å². The molecule has 0 N–H and O–H groups in total.